The number of halogens is 3. The maximum absolute atomic E-state index is 12.5. The number of carbonyl (C=O) groups is 2. The second kappa shape index (κ2) is 18.9. The topological polar surface area (TPSA) is 116 Å². The normalized spacial score (nSPS) is 13.3. The predicted molar refractivity (Wildman–Crippen MR) is 167 cm³/mol. The van der Waals surface area contributed by atoms with Gasteiger partial charge in [0.2, 0.25) is 8.32 Å². The Kier molecular flexibility index (Phi) is 17.7. The lowest BCUT2D eigenvalue weighted by atomic mass is 9.97. The molecule has 2 atom stereocenters. The summed E-state index contributed by atoms with van der Waals surface area (Å²) in [5.41, 5.74) is -4.24. The van der Waals surface area contributed by atoms with Crippen molar-refractivity contribution in [1.29, 1.82) is 0 Å². The van der Waals surface area contributed by atoms with E-state index in [1.54, 1.807) is 53.7 Å². The average Bonchev–Trinajstić information content (AvgIpc) is 2.97. The fraction of sp³-hybridized carbons (Fsp3) is 0.548. The van der Waals surface area contributed by atoms with Gasteiger partial charge in [-0.2, -0.15) is 21.6 Å². The van der Waals surface area contributed by atoms with Crippen molar-refractivity contribution >= 4 is 30.4 Å². The number of esters is 2. The van der Waals surface area contributed by atoms with E-state index in [0.717, 1.165) is 17.5 Å². The highest BCUT2D eigenvalue weighted by Crippen LogP contribution is 2.45. The molecule has 0 aromatic heterocycles. The number of hydrogen-bond acceptors (Lipinski definition) is 8. The Morgan fingerprint density at radius 3 is 1.36 bits per heavy atom. The Morgan fingerprint density at radius 1 is 0.750 bits per heavy atom. The Balaban J connectivity index is 0.000000642. The number of methoxy groups -OCH3 is 2. The van der Waals surface area contributed by atoms with Gasteiger partial charge < -0.3 is 18.5 Å². The van der Waals surface area contributed by atoms with E-state index in [2.05, 4.69) is 4.74 Å². The fourth-order valence-electron chi connectivity index (χ4n) is 5.04. The third-order valence-electron chi connectivity index (χ3n) is 7.21. The zero-order valence-corrected chi connectivity index (χ0v) is 28.7. The van der Waals surface area contributed by atoms with Crippen LogP contribution in [-0.2, 0) is 33.1 Å². The van der Waals surface area contributed by atoms with Gasteiger partial charge in [-0.25, -0.2) is 0 Å². The fourth-order valence-corrected chi connectivity index (χ4v) is 13.2. The molecule has 250 valence electrons. The van der Waals surface area contributed by atoms with Gasteiger partial charge in [-0.3, -0.25) is 9.59 Å². The van der Waals surface area contributed by atoms with Crippen LogP contribution in [0.25, 0.3) is 0 Å². The molecule has 13 heteroatoms. The molecule has 0 aliphatic heterocycles. The molecule has 44 heavy (non-hydrogen) atoms. The number of hydrogen-bond donors (Lipinski definition) is 1. The molecule has 0 radical (unpaired) electrons. The van der Waals surface area contributed by atoms with Crippen molar-refractivity contribution in [2.45, 2.75) is 88.9 Å². The summed E-state index contributed by atoms with van der Waals surface area (Å²) in [6.07, 6.45) is 0.774. The Hall–Kier alpha value is -2.74. The van der Waals surface area contributed by atoms with E-state index in [0.29, 0.717) is 0 Å². The largest absolute Gasteiger partial charge is 0.522 e. The van der Waals surface area contributed by atoms with Crippen LogP contribution < -0.4 is 0 Å². The van der Waals surface area contributed by atoms with Gasteiger partial charge in [0, 0.05) is 0 Å². The molecule has 2 aromatic carbocycles. The molecule has 8 nitrogen and oxygen atoms in total. The number of carbonyl (C=O) groups excluding carboxylic acids is 2. The molecular weight excluding hydrogens is 617 g/mol. The molecular formula is C31H47F3O8SSi. The first-order valence-corrected chi connectivity index (χ1v) is 17.8. The molecule has 0 saturated heterocycles. The number of alkyl halides is 3. The van der Waals surface area contributed by atoms with E-state index in [4.69, 9.17) is 13.7 Å². The molecule has 0 saturated carbocycles. The summed E-state index contributed by atoms with van der Waals surface area (Å²) in [6, 6.07) is 18.8. The van der Waals surface area contributed by atoms with Crippen LogP contribution in [0, 0.1) is 0 Å². The van der Waals surface area contributed by atoms with Gasteiger partial charge in [0.1, 0.15) is 5.92 Å². The summed E-state index contributed by atoms with van der Waals surface area (Å²) in [5, 5.41) is 8.98. The molecule has 2 aromatic rings. The minimum atomic E-state index is -5.53. The van der Waals surface area contributed by atoms with Crippen molar-refractivity contribution in [3.05, 3.63) is 71.8 Å². The van der Waals surface area contributed by atoms with Gasteiger partial charge >= 0.3 is 27.6 Å². The third-order valence-corrected chi connectivity index (χ3v) is 15.2. The van der Waals surface area contributed by atoms with E-state index < -0.39 is 35.8 Å². The van der Waals surface area contributed by atoms with Crippen LogP contribution in [0.4, 0.5) is 13.2 Å². The van der Waals surface area contributed by atoms with Crippen molar-refractivity contribution in [3.63, 3.8) is 0 Å². The van der Waals surface area contributed by atoms with E-state index >= 15 is 0 Å². The number of ether oxygens (including phenoxy) is 2. The van der Waals surface area contributed by atoms with Crippen molar-refractivity contribution in [2.24, 2.45) is 0 Å². The van der Waals surface area contributed by atoms with Crippen molar-refractivity contribution in [3.8, 4) is 0 Å². The van der Waals surface area contributed by atoms with Crippen LogP contribution in [0.15, 0.2) is 60.7 Å². The molecule has 0 aliphatic rings. The summed E-state index contributed by atoms with van der Waals surface area (Å²) < 4.78 is 74.0. The van der Waals surface area contributed by atoms with E-state index in [9.17, 15) is 31.2 Å². The van der Waals surface area contributed by atoms with Gasteiger partial charge in [-0.05, 0) is 34.2 Å². The SMILES string of the molecule is CC(C)[Si](OS(=O)(=O)C(F)(F)F)(C(C)C)C(C)C.CCC(C(=O)OC)c1ccccc1.COC(=O)C(CO)c1ccccc1. The van der Waals surface area contributed by atoms with Gasteiger partial charge in [0.25, 0.3) is 0 Å². The van der Waals surface area contributed by atoms with Crippen molar-refractivity contribution in [2.75, 3.05) is 20.8 Å². The zero-order valence-electron chi connectivity index (χ0n) is 26.9. The van der Waals surface area contributed by atoms with Gasteiger partial charge in [0.05, 0.1) is 26.7 Å². The quantitative estimate of drug-likeness (QED) is 0.151. The summed E-state index contributed by atoms with van der Waals surface area (Å²) in [4.78, 5) is 22.5. The first-order valence-electron chi connectivity index (χ1n) is 14.3. The standard InChI is InChI=1S/C11H14O2.C10H21F3O3SSi.C10H12O3/c1-3-10(11(12)13-2)9-7-5-4-6-8-9;1-7(2)18(8(3)4,9(5)6)16-17(14,15)10(11,12)13;1-13-10(12)9(7-11)8-5-3-2-4-6-8/h4-8,10H,3H2,1-2H3;7-9H,1-6H3;2-6,9,11H,7H2,1H3. The second-order valence-electron chi connectivity index (χ2n) is 10.9. The minimum Gasteiger partial charge on any atom is -0.469 e. The monoisotopic (exact) mass is 664 g/mol. The van der Waals surface area contributed by atoms with Gasteiger partial charge in [-0.1, -0.05) is 109 Å². The van der Waals surface area contributed by atoms with Crippen LogP contribution in [0.1, 0.15) is 77.8 Å². The summed E-state index contributed by atoms with van der Waals surface area (Å²) in [6.45, 7) is 12.1. The van der Waals surface area contributed by atoms with Crippen molar-refractivity contribution in [1.82, 2.24) is 0 Å². The predicted octanol–water partition coefficient (Wildman–Crippen LogP) is 7.32. The summed E-state index contributed by atoms with van der Waals surface area (Å²) >= 11 is 0. The second-order valence-corrected chi connectivity index (χ2v) is 18.1. The van der Waals surface area contributed by atoms with E-state index in [1.165, 1.54) is 14.2 Å². The maximum atomic E-state index is 12.5. The summed E-state index contributed by atoms with van der Waals surface area (Å²) in [7, 11) is -5.87. The molecule has 0 bridgehead atoms. The van der Waals surface area contributed by atoms with Crippen LogP contribution >= 0.6 is 0 Å². The van der Waals surface area contributed by atoms with Crippen molar-refractivity contribution < 1.29 is 49.6 Å². The smallest absolute Gasteiger partial charge is 0.469 e. The van der Waals surface area contributed by atoms with Gasteiger partial charge in [0.15, 0.2) is 0 Å². The number of aliphatic hydroxyl groups is 1. The van der Waals surface area contributed by atoms with Crippen LogP contribution in [0.5, 0.6) is 0 Å². The molecule has 1 N–H and O–H groups in total. The van der Waals surface area contributed by atoms with Gasteiger partial charge in [-0.15, -0.1) is 0 Å². The maximum Gasteiger partial charge on any atom is 0.522 e. The lowest BCUT2D eigenvalue weighted by Gasteiger charge is -2.40. The molecule has 0 fully saturated rings. The first kappa shape index (κ1) is 41.3. The Morgan fingerprint density at radius 2 is 1.09 bits per heavy atom. The first-order chi connectivity index (χ1) is 20.4. The lowest BCUT2D eigenvalue weighted by Crippen LogP contribution is -2.51. The van der Waals surface area contributed by atoms with Crippen LogP contribution in [-0.4, -0.2) is 60.1 Å². The lowest BCUT2D eigenvalue weighted by molar-refractivity contribution is -0.144. The highest BCUT2D eigenvalue weighted by Gasteiger charge is 2.56. The van der Waals surface area contributed by atoms with Crippen LogP contribution in [0.2, 0.25) is 16.6 Å². The number of rotatable bonds is 11. The Labute approximate surface area is 261 Å². The van der Waals surface area contributed by atoms with E-state index in [-0.39, 0.29) is 35.1 Å². The molecule has 0 amide bonds. The summed E-state index contributed by atoms with van der Waals surface area (Å²) in [5.74, 6) is -1.25. The molecule has 0 heterocycles. The third kappa shape index (κ3) is 11.6. The molecule has 2 rings (SSSR count). The highest BCUT2D eigenvalue weighted by molar-refractivity contribution is 7.88. The van der Waals surface area contributed by atoms with Crippen LogP contribution in [0.3, 0.4) is 0 Å². The van der Waals surface area contributed by atoms with E-state index in [1.807, 2.05) is 55.5 Å². The average molecular weight is 665 g/mol. The molecule has 0 aliphatic carbocycles. The molecule has 2 unspecified atom stereocenters. The Bertz CT molecular complexity index is 1140. The number of aliphatic hydroxyl groups excluding tert-OH is 1. The minimum absolute atomic E-state index is 0.119. The molecule has 0 spiro atoms. The zero-order chi connectivity index (χ0) is 34.3. The highest BCUT2D eigenvalue weighted by atomic mass is 32.2. The number of benzene rings is 2.